The van der Waals surface area contributed by atoms with Crippen molar-refractivity contribution < 1.29 is 22.9 Å². The summed E-state index contributed by atoms with van der Waals surface area (Å²) < 4.78 is 38.3. The molecule has 10 heteroatoms. The van der Waals surface area contributed by atoms with Crippen molar-refractivity contribution in [1.82, 2.24) is 4.90 Å². The Labute approximate surface area is 140 Å². The predicted octanol–water partition coefficient (Wildman–Crippen LogP) is 3.69. The van der Waals surface area contributed by atoms with Crippen molar-refractivity contribution in [2.45, 2.75) is 25.4 Å². The normalized spacial score (nSPS) is 14.8. The van der Waals surface area contributed by atoms with Gasteiger partial charge in [0.05, 0.1) is 15.5 Å². The molecule has 0 spiro atoms. The number of halogens is 4. The molecule has 1 fully saturated rings. The van der Waals surface area contributed by atoms with E-state index in [0.29, 0.717) is 19.2 Å². The number of nitro groups is 1. The van der Waals surface area contributed by atoms with E-state index >= 15 is 0 Å². The minimum Gasteiger partial charge on any atom is -0.379 e. The molecule has 0 saturated carbocycles. The van der Waals surface area contributed by atoms with Crippen LogP contribution in [0.25, 0.3) is 0 Å². The van der Waals surface area contributed by atoms with Gasteiger partial charge in [-0.1, -0.05) is 11.6 Å². The zero-order valence-electron chi connectivity index (χ0n) is 12.5. The van der Waals surface area contributed by atoms with Crippen LogP contribution < -0.4 is 5.32 Å². The molecule has 1 aliphatic heterocycles. The molecule has 0 bridgehead atoms. The highest BCUT2D eigenvalue weighted by atomic mass is 35.5. The number of nitrogens with one attached hydrogen (secondary N) is 1. The first-order valence-electron chi connectivity index (χ1n) is 7.27. The molecule has 1 aliphatic rings. The number of amides is 1. The van der Waals surface area contributed by atoms with Crippen LogP contribution in [-0.4, -0.2) is 35.4 Å². The van der Waals surface area contributed by atoms with Gasteiger partial charge in [0, 0.05) is 32.1 Å². The summed E-state index contributed by atoms with van der Waals surface area (Å²) in [6, 6.07) is 1.26. The van der Waals surface area contributed by atoms with E-state index in [2.05, 4.69) is 5.32 Å². The number of carbonyl (C=O) groups excluding carboxylic acids is 1. The van der Waals surface area contributed by atoms with Crippen molar-refractivity contribution in [3.05, 3.63) is 32.8 Å². The van der Waals surface area contributed by atoms with E-state index in [0.717, 1.165) is 18.9 Å². The average Bonchev–Trinajstić information content (AvgIpc) is 2.99. The van der Waals surface area contributed by atoms with Crippen LogP contribution in [0, 0.1) is 10.1 Å². The minimum atomic E-state index is -4.79. The highest BCUT2D eigenvalue weighted by molar-refractivity contribution is 6.31. The molecule has 1 aromatic carbocycles. The maximum atomic E-state index is 12.8. The second-order valence-corrected chi connectivity index (χ2v) is 5.78. The fourth-order valence-electron chi connectivity index (χ4n) is 2.50. The van der Waals surface area contributed by atoms with Gasteiger partial charge in [0.2, 0.25) is 5.91 Å². The van der Waals surface area contributed by atoms with Gasteiger partial charge in [0.1, 0.15) is 5.69 Å². The third-order valence-corrected chi connectivity index (χ3v) is 4.01. The van der Waals surface area contributed by atoms with E-state index in [-0.39, 0.29) is 24.6 Å². The second-order valence-electron chi connectivity index (χ2n) is 5.37. The van der Waals surface area contributed by atoms with Crippen molar-refractivity contribution in [2.24, 2.45) is 0 Å². The maximum Gasteiger partial charge on any atom is 0.418 e. The van der Waals surface area contributed by atoms with Gasteiger partial charge in [-0.25, -0.2) is 0 Å². The first kappa shape index (κ1) is 18.3. The maximum absolute atomic E-state index is 12.8. The van der Waals surface area contributed by atoms with E-state index in [1.807, 2.05) is 0 Å². The fourth-order valence-corrected chi connectivity index (χ4v) is 2.77. The monoisotopic (exact) mass is 365 g/mol. The molecule has 1 amide bonds. The van der Waals surface area contributed by atoms with Gasteiger partial charge in [0.25, 0.3) is 5.69 Å². The van der Waals surface area contributed by atoms with Gasteiger partial charge in [-0.2, -0.15) is 13.2 Å². The number of hydrogen-bond donors (Lipinski definition) is 1. The Morgan fingerprint density at radius 3 is 2.50 bits per heavy atom. The molecule has 0 aromatic heterocycles. The lowest BCUT2D eigenvalue weighted by Gasteiger charge is -2.16. The molecule has 0 unspecified atom stereocenters. The number of likely N-dealkylation sites (tertiary alicyclic amines) is 1. The van der Waals surface area contributed by atoms with Crippen molar-refractivity contribution in [2.75, 3.05) is 25.0 Å². The van der Waals surface area contributed by atoms with Crippen molar-refractivity contribution in [1.29, 1.82) is 0 Å². The minimum absolute atomic E-state index is 0.0673. The quantitative estimate of drug-likeness (QED) is 0.637. The number of nitro benzene ring substituents is 1. The van der Waals surface area contributed by atoms with Gasteiger partial charge in [-0.15, -0.1) is 0 Å². The lowest BCUT2D eigenvalue weighted by Crippen LogP contribution is -2.29. The lowest BCUT2D eigenvalue weighted by molar-refractivity contribution is -0.384. The number of carbonyl (C=O) groups is 1. The Bertz CT molecular complexity index is 646. The summed E-state index contributed by atoms with van der Waals surface area (Å²) in [6.45, 7) is 1.44. The van der Waals surface area contributed by atoms with E-state index in [1.54, 1.807) is 4.90 Å². The molecule has 0 radical (unpaired) electrons. The van der Waals surface area contributed by atoms with E-state index in [9.17, 15) is 28.1 Å². The summed E-state index contributed by atoms with van der Waals surface area (Å²) >= 11 is 5.58. The lowest BCUT2D eigenvalue weighted by atomic mass is 10.1. The number of hydrogen-bond acceptors (Lipinski definition) is 4. The SMILES string of the molecule is O=C(CCNc1cc(Cl)c(C(F)(F)F)cc1[N+](=O)[O-])N1CCCC1. The standard InChI is InChI=1S/C14H15ClF3N3O3/c15-10-8-11(12(21(23)24)7-9(10)14(16,17)18)19-4-3-13(22)20-5-1-2-6-20/h7-8,19H,1-6H2. The Morgan fingerprint density at radius 2 is 1.96 bits per heavy atom. The molecule has 24 heavy (non-hydrogen) atoms. The molecular weight excluding hydrogens is 351 g/mol. The molecule has 132 valence electrons. The highest BCUT2D eigenvalue weighted by Crippen LogP contribution is 2.40. The molecule has 1 aromatic rings. The van der Waals surface area contributed by atoms with Crippen LogP contribution in [0.5, 0.6) is 0 Å². The number of nitrogens with zero attached hydrogens (tertiary/aromatic N) is 2. The van der Waals surface area contributed by atoms with Gasteiger partial charge >= 0.3 is 6.18 Å². The van der Waals surface area contributed by atoms with E-state index in [1.165, 1.54) is 0 Å². The van der Waals surface area contributed by atoms with Crippen LogP contribution in [0.3, 0.4) is 0 Å². The molecule has 1 N–H and O–H groups in total. The zero-order chi connectivity index (χ0) is 17.9. The Hall–Kier alpha value is -2.03. The van der Waals surface area contributed by atoms with Crippen molar-refractivity contribution in [3.8, 4) is 0 Å². The molecule has 6 nitrogen and oxygen atoms in total. The van der Waals surface area contributed by atoms with Crippen LogP contribution in [0.15, 0.2) is 12.1 Å². The zero-order valence-corrected chi connectivity index (χ0v) is 13.3. The van der Waals surface area contributed by atoms with E-state index < -0.39 is 27.4 Å². The van der Waals surface area contributed by atoms with Crippen LogP contribution >= 0.6 is 11.6 Å². The first-order chi connectivity index (χ1) is 11.2. The number of alkyl halides is 3. The van der Waals surface area contributed by atoms with Gasteiger partial charge in [0.15, 0.2) is 0 Å². The summed E-state index contributed by atoms with van der Waals surface area (Å²) in [5.41, 5.74) is -2.15. The molecular formula is C14H15ClF3N3O3. The third kappa shape index (κ3) is 4.28. The number of anilines is 1. The summed E-state index contributed by atoms with van der Waals surface area (Å²) in [5, 5.41) is 13.0. The predicted molar refractivity (Wildman–Crippen MR) is 82.0 cm³/mol. The van der Waals surface area contributed by atoms with Crippen LogP contribution in [-0.2, 0) is 11.0 Å². The summed E-state index contributed by atoms with van der Waals surface area (Å²) in [7, 11) is 0. The first-order valence-corrected chi connectivity index (χ1v) is 7.64. The summed E-state index contributed by atoms with van der Waals surface area (Å²) in [5.74, 6) is -0.0966. The topological polar surface area (TPSA) is 75.5 Å². The van der Waals surface area contributed by atoms with Crippen molar-refractivity contribution in [3.63, 3.8) is 0 Å². The Morgan fingerprint density at radius 1 is 1.33 bits per heavy atom. The Balaban J connectivity index is 2.10. The average molecular weight is 366 g/mol. The highest BCUT2D eigenvalue weighted by Gasteiger charge is 2.36. The molecule has 0 atom stereocenters. The summed E-state index contributed by atoms with van der Waals surface area (Å²) in [6.07, 6.45) is -2.81. The van der Waals surface area contributed by atoms with Crippen LogP contribution in [0.2, 0.25) is 5.02 Å². The molecule has 1 saturated heterocycles. The fraction of sp³-hybridized carbons (Fsp3) is 0.500. The van der Waals surface area contributed by atoms with E-state index in [4.69, 9.17) is 11.6 Å². The molecule has 1 heterocycles. The molecule has 2 rings (SSSR count). The van der Waals surface area contributed by atoms with Gasteiger partial charge in [-0.05, 0) is 18.9 Å². The summed E-state index contributed by atoms with van der Waals surface area (Å²) in [4.78, 5) is 23.7. The largest absolute Gasteiger partial charge is 0.418 e. The number of rotatable bonds is 5. The molecule has 0 aliphatic carbocycles. The number of benzene rings is 1. The third-order valence-electron chi connectivity index (χ3n) is 3.70. The Kier molecular flexibility index (Phi) is 5.53. The van der Waals surface area contributed by atoms with Crippen molar-refractivity contribution >= 4 is 28.9 Å². The second kappa shape index (κ2) is 7.25. The smallest absolute Gasteiger partial charge is 0.379 e. The van der Waals surface area contributed by atoms with Gasteiger partial charge in [-0.3, -0.25) is 14.9 Å². The van der Waals surface area contributed by atoms with Gasteiger partial charge < -0.3 is 10.2 Å². The van der Waals surface area contributed by atoms with Crippen LogP contribution in [0.4, 0.5) is 24.5 Å². The van der Waals surface area contributed by atoms with Crippen LogP contribution in [0.1, 0.15) is 24.8 Å².